The molecule has 3 aliphatic heterocycles. The quantitative estimate of drug-likeness (QED) is 0.186. The molecule has 5 heterocycles. The van der Waals surface area contributed by atoms with E-state index in [-0.39, 0.29) is 40.8 Å². The van der Waals surface area contributed by atoms with Gasteiger partial charge in [0.1, 0.15) is 16.6 Å². The Balaban J connectivity index is 0.983. The minimum atomic E-state index is -0.742. The number of pyridine rings is 1. The van der Waals surface area contributed by atoms with Gasteiger partial charge in [-0.15, -0.1) is 11.3 Å². The van der Waals surface area contributed by atoms with Gasteiger partial charge in [0.25, 0.3) is 17.7 Å². The summed E-state index contributed by atoms with van der Waals surface area (Å²) in [5, 5.41) is 5.50. The van der Waals surface area contributed by atoms with Gasteiger partial charge in [0.15, 0.2) is 5.82 Å². The second kappa shape index (κ2) is 13.6. The number of nitrogens with one attached hydrogen (secondary N) is 2. The molecule has 0 saturated carbocycles. The van der Waals surface area contributed by atoms with E-state index in [0.29, 0.717) is 44.3 Å². The fourth-order valence-corrected chi connectivity index (χ4v) is 8.44. The van der Waals surface area contributed by atoms with Crippen LogP contribution in [0.25, 0.3) is 10.4 Å². The summed E-state index contributed by atoms with van der Waals surface area (Å²) in [6.45, 7) is 5.31. The average molecular weight is 720 g/mol. The van der Waals surface area contributed by atoms with E-state index in [2.05, 4.69) is 15.5 Å². The lowest BCUT2D eigenvalue weighted by molar-refractivity contribution is -0.000519. The van der Waals surface area contributed by atoms with Crippen LogP contribution >= 0.6 is 11.3 Å². The normalized spacial score (nSPS) is 16.0. The van der Waals surface area contributed by atoms with Crippen molar-refractivity contribution in [2.75, 3.05) is 53.3 Å². The van der Waals surface area contributed by atoms with Gasteiger partial charge in [0, 0.05) is 71.2 Å². The van der Waals surface area contributed by atoms with Crippen molar-refractivity contribution in [3.8, 4) is 10.4 Å². The fraction of sp³-hybridized carbons (Fsp3) is 0.250. The third-order valence-corrected chi connectivity index (χ3v) is 11.3. The molecular weight excluding hydrogens is 685 g/mol. The largest absolute Gasteiger partial charge is 0.381 e. The summed E-state index contributed by atoms with van der Waals surface area (Å²) >= 11 is 1.06. The van der Waals surface area contributed by atoms with Crippen LogP contribution in [0.3, 0.4) is 0 Å². The number of hydrogen-bond acceptors (Lipinski definition) is 7. The Kier molecular flexibility index (Phi) is 8.80. The number of ether oxygens (including phenoxy) is 1. The molecule has 3 aromatic carbocycles. The molecule has 3 aliphatic rings. The number of thiophene rings is 1. The van der Waals surface area contributed by atoms with Crippen molar-refractivity contribution in [1.82, 2.24) is 4.98 Å². The molecule has 9 nitrogen and oxygen atoms in total. The highest BCUT2D eigenvalue weighted by Crippen LogP contribution is 2.46. The standard InChI is InChI=1S/C40H35F2N5O4S/c1-24-10-15-30(35(43-24)46-22-40(23-46)17-20-51-21-18-40)37(49)44-26-13-11-25(12-14-26)39(50)47-19-16-29-33(42)38(45-36(48)27-6-2-4-8-31(27)41)52-34(29)28-7-3-5-9-32(28)47/h2-15H,16-23H2,1H3,(H,44,49)(H,45,48). The molecule has 264 valence electrons. The highest BCUT2D eigenvalue weighted by atomic mass is 32.1. The van der Waals surface area contributed by atoms with Crippen molar-refractivity contribution >= 4 is 51.3 Å². The summed E-state index contributed by atoms with van der Waals surface area (Å²) < 4.78 is 35.6. The van der Waals surface area contributed by atoms with E-state index in [1.54, 1.807) is 41.3 Å². The molecule has 12 heteroatoms. The van der Waals surface area contributed by atoms with Gasteiger partial charge in [-0.2, -0.15) is 0 Å². The number of halogens is 2. The van der Waals surface area contributed by atoms with Gasteiger partial charge in [-0.25, -0.2) is 13.8 Å². The number of amides is 3. The highest BCUT2D eigenvalue weighted by molar-refractivity contribution is 7.19. The predicted octanol–water partition coefficient (Wildman–Crippen LogP) is 7.72. The Hall–Kier alpha value is -5.46. The number of anilines is 4. The predicted molar refractivity (Wildman–Crippen MR) is 198 cm³/mol. The zero-order chi connectivity index (χ0) is 36.0. The van der Waals surface area contributed by atoms with E-state index in [1.165, 1.54) is 24.3 Å². The zero-order valence-electron chi connectivity index (χ0n) is 28.4. The first kappa shape index (κ1) is 33.7. The van der Waals surface area contributed by atoms with Crippen molar-refractivity contribution < 1.29 is 27.9 Å². The number of nitrogens with zero attached hydrogens (tertiary/aromatic N) is 3. The Labute approximate surface area is 303 Å². The summed E-state index contributed by atoms with van der Waals surface area (Å²) in [5.41, 5.74) is 3.92. The molecule has 0 bridgehead atoms. The molecular formula is C40H35F2N5O4S. The van der Waals surface area contributed by atoms with Crippen LogP contribution in [0.4, 0.5) is 31.0 Å². The Bertz CT molecular complexity index is 2210. The van der Waals surface area contributed by atoms with E-state index >= 15 is 4.39 Å². The van der Waals surface area contributed by atoms with Crippen LogP contribution in [0.15, 0.2) is 84.9 Å². The molecule has 1 spiro atoms. The van der Waals surface area contributed by atoms with Gasteiger partial charge < -0.3 is 25.2 Å². The maximum atomic E-state index is 15.8. The Morgan fingerprint density at radius 1 is 0.846 bits per heavy atom. The lowest BCUT2D eigenvalue weighted by atomic mass is 9.73. The zero-order valence-corrected chi connectivity index (χ0v) is 29.2. The smallest absolute Gasteiger partial charge is 0.259 e. The van der Waals surface area contributed by atoms with Gasteiger partial charge in [-0.05, 0) is 80.8 Å². The molecule has 0 atom stereocenters. The first-order valence-corrected chi connectivity index (χ1v) is 18.0. The van der Waals surface area contributed by atoms with Gasteiger partial charge in [0.05, 0.1) is 16.8 Å². The second-order valence-electron chi connectivity index (χ2n) is 13.5. The monoisotopic (exact) mass is 719 g/mol. The SMILES string of the molecule is Cc1ccc(C(=O)Nc2ccc(C(=O)N3CCc4c(sc(NC(=O)c5ccccc5F)c4F)-c4ccccc43)cc2)c(N2CC3(CCOCC3)C2)n1. The summed E-state index contributed by atoms with van der Waals surface area (Å²) in [5.74, 6) is -1.93. The van der Waals surface area contributed by atoms with Crippen LogP contribution in [-0.4, -0.2) is 55.6 Å². The molecule has 3 amide bonds. The highest BCUT2D eigenvalue weighted by Gasteiger charge is 2.45. The molecule has 0 aliphatic carbocycles. The molecule has 2 fully saturated rings. The van der Waals surface area contributed by atoms with Crippen molar-refractivity contribution in [2.45, 2.75) is 26.2 Å². The third-order valence-electron chi connectivity index (χ3n) is 10.1. The number of fused-ring (bicyclic) bond motifs is 3. The van der Waals surface area contributed by atoms with Crippen molar-refractivity contribution in [3.63, 3.8) is 0 Å². The lowest BCUT2D eigenvalue weighted by Crippen LogP contribution is -2.59. The Morgan fingerprint density at radius 2 is 1.56 bits per heavy atom. The number of aryl methyl sites for hydroxylation is 1. The van der Waals surface area contributed by atoms with Crippen LogP contribution in [0, 0.1) is 24.0 Å². The van der Waals surface area contributed by atoms with Crippen molar-refractivity contribution in [1.29, 1.82) is 0 Å². The van der Waals surface area contributed by atoms with Crippen molar-refractivity contribution in [2.24, 2.45) is 5.41 Å². The maximum absolute atomic E-state index is 15.8. The van der Waals surface area contributed by atoms with Gasteiger partial charge in [-0.3, -0.25) is 14.4 Å². The van der Waals surface area contributed by atoms with E-state index in [1.807, 2.05) is 31.2 Å². The number of para-hydroxylation sites is 1. The molecule has 2 N–H and O–H groups in total. The van der Waals surface area contributed by atoms with Gasteiger partial charge in [-0.1, -0.05) is 30.3 Å². The van der Waals surface area contributed by atoms with E-state index in [0.717, 1.165) is 56.2 Å². The van der Waals surface area contributed by atoms with Crippen LogP contribution in [0.1, 0.15) is 55.2 Å². The topological polar surface area (TPSA) is 104 Å². The fourth-order valence-electron chi connectivity index (χ4n) is 7.28. The van der Waals surface area contributed by atoms with Crippen LogP contribution in [0.5, 0.6) is 0 Å². The molecule has 2 saturated heterocycles. The van der Waals surface area contributed by atoms with E-state index in [4.69, 9.17) is 9.72 Å². The number of carbonyl (C=O) groups is 3. The van der Waals surface area contributed by atoms with Crippen LogP contribution in [0.2, 0.25) is 0 Å². The average Bonchev–Trinajstić information content (AvgIpc) is 3.34. The summed E-state index contributed by atoms with van der Waals surface area (Å²) in [7, 11) is 0. The molecule has 5 aromatic rings. The minimum Gasteiger partial charge on any atom is -0.381 e. The summed E-state index contributed by atoms with van der Waals surface area (Å²) in [6.07, 6.45) is 2.21. The van der Waals surface area contributed by atoms with Crippen LogP contribution in [-0.2, 0) is 11.2 Å². The van der Waals surface area contributed by atoms with Crippen LogP contribution < -0.4 is 20.4 Å². The molecule has 2 aromatic heterocycles. The molecule has 0 radical (unpaired) electrons. The first-order valence-electron chi connectivity index (χ1n) is 17.2. The molecule has 52 heavy (non-hydrogen) atoms. The number of carbonyl (C=O) groups excluding carboxylic acids is 3. The maximum Gasteiger partial charge on any atom is 0.259 e. The summed E-state index contributed by atoms with van der Waals surface area (Å²) in [6, 6.07) is 23.1. The number of rotatable bonds is 6. The van der Waals surface area contributed by atoms with Gasteiger partial charge >= 0.3 is 0 Å². The Morgan fingerprint density at radius 3 is 2.33 bits per heavy atom. The van der Waals surface area contributed by atoms with E-state index in [9.17, 15) is 18.8 Å². The third kappa shape index (κ3) is 6.22. The van der Waals surface area contributed by atoms with E-state index < -0.39 is 17.5 Å². The van der Waals surface area contributed by atoms with Crippen molar-refractivity contribution in [3.05, 3.63) is 125 Å². The second-order valence-corrected chi connectivity index (χ2v) is 14.6. The first-order chi connectivity index (χ1) is 25.2. The lowest BCUT2D eigenvalue weighted by Gasteiger charge is -2.53. The minimum absolute atomic E-state index is 0.00729. The number of benzene rings is 3. The molecule has 0 unspecified atom stereocenters. The number of hydrogen-bond donors (Lipinski definition) is 2. The van der Waals surface area contributed by atoms with Gasteiger partial charge in [0.2, 0.25) is 0 Å². The number of aromatic nitrogens is 1. The molecule has 8 rings (SSSR count). The summed E-state index contributed by atoms with van der Waals surface area (Å²) in [4.78, 5) is 49.4.